The highest BCUT2D eigenvalue weighted by Gasteiger charge is 2.16. The molecule has 0 saturated carbocycles. The third-order valence-electron chi connectivity index (χ3n) is 2.64. The standard InChI is InChI=1S/C12H15IN4/c1-2-7-17-11(8-15-16-17)12(14)9-5-3-4-6-10(9)13/h3-6,8,12H,2,7,14H2,1H3. The second-order valence-electron chi connectivity index (χ2n) is 3.88. The molecule has 0 aliphatic heterocycles. The number of hydrogen-bond donors (Lipinski definition) is 1. The zero-order valence-electron chi connectivity index (χ0n) is 9.68. The van der Waals surface area contributed by atoms with Crippen molar-refractivity contribution < 1.29 is 0 Å². The van der Waals surface area contributed by atoms with Crippen molar-refractivity contribution in [2.75, 3.05) is 0 Å². The first kappa shape index (κ1) is 12.5. The largest absolute Gasteiger partial charge is 0.319 e. The minimum absolute atomic E-state index is 0.162. The minimum Gasteiger partial charge on any atom is -0.319 e. The summed E-state index contributed by atoms with van der Waals surface area (Å²) in [6.45, 7) is 2.97. The summed E-state index contributed by atoms with van der Waals surface area (Å²) in [5.41, 5.74) is 8.37. The van der Waals surface area contributed by atoms with Crippen LogP contribution in [0.3, 0.4) is 0 Å². The van der Waals surface area contributed by atoms with E-state index in [9.17, 15) is 0 Å². The summed E-state index contributed by atoms with van der Waals surface area (Å²) in [6, 6.07) is 7.97. The number of hydrogen-bond acceptors (Lipinski definition) is 3. The molecule has 0 bridgehead atoms. The number of rotatable bonds is 4. The molecule has 4 nitrogen and oxygen atoms in total. The van der Waals surface area contributed by atoms with Crippen molar-refractivity contribution in [1.29, 1.82) is 0 Å². The number of nitrogens with two attached hydrogens (primary N) is 1. The summed E-state index contributed by atoms with van der Waals surface area (Å²) >= 11 is 2.30. The number of halogens is 1. The van der Waals surface area contributed by atoms with E-state index in [-0.39, 0.29) is 6.04 Å². The molecule has 2 aromatic rings. The summed E-state index contributed by atoms with van der Waals surface area (Å²) < 4.78 is 3.05. The van der Waals surface area contributed by atoms with Crippen LogP contribution in [0, 0.1) is 3.57 Å². The predicted molar refractivity (Wildman–Crippen MR) is 75.5 cm³/mol. The molecule has 5 heteroatoms. The van der Waals surface area contributed by atoms with Gasteiger partial charge in [-0.3, -0.25) is 0 Å². The van der Waals surface area contributed by atoms with E-state index in [1.54, 1.807) is 6.20 Å². The van der Waals surface area contributed by atoms with Crippen LogP contribution in [-0.4, -0.2) is 15.0 Å². The molecule has 17 heavy (non-hydrogen) atoms. The molecule has 0 aliphatic rings. The molecule has 0 amide bonds. The second-order valence-corrected chi connectivity index (χ2v) is 5.04. The normalized spacial score (nSPS) is 12.6. The molecule has 1 atom stereocenters. The van der Waals surface area contributed by atoms with Gasteiger partial charge in [0.05, 0.1) is 17.9 Å². The van der Waals surface area contributed by atoms with Crippen LogP contribution in [0.2, 0.25) is 0 Å². The molecule has 2 rings (SSSR count). The molecule has 90 valence electrons. The first-order valence-corrected chi connectivity index (χ1v) is 6.70. The number of nitrogens with zero attached hydrogens (tertiary/aromatic N) is 3. The molecule has 0 aliphatic carbocycles. The van der Waals surface area contributed by atoms with Crippen molar-refractivity contribution in [3.8, 4) is 0 Å². The molecule has 2 N–H and O–H groups in total. The molecule has 1 aromatic carbocycles. The Labute approximate surface area is 114 Å². The van der Waals surface area contributed by atoms with Gasteiger partial charge in [0, 0.05) is 10.1 Å². The number of aromatic nitrogens is 3. The molecule has 1 aromatic heterocycles. The van der Waals surface area contributed by atoms with Gasteiger partial charge in [-0.05, 0) is 40.6 Å². The van der Waals surface area contributed by atoms with Crippen LogP contribution in [0.1, 0.15) is 30.6 Å². The Morgan fingerprint density at radius 1 is 1.41 bits per heavy atom. The van der Waals surface area contributed by atoms with Crippen LogP contribution < -0.4 is 5.73 Å². The summed E-state index contributed by atoms with van der Waals surface area (Å²) in [7, 11) is 0. The Kier molecular flexibility index (Phi) is 4.11. The Morgan fingerprint density at radius 2 is 2.18 bits per heavy atom. The lowest BCUT2D eigenvalue weighted by atomic mass is 10.1. The summed E-state index contributed by atoms with van der Waals surface area (Å²) in [5.74, 6) is 0. The van der Waals surface area contributed by atoms with E-state index in [2.05, 4.69) is 52.0 Å². The fourth-order valence-corrected chi connectivity index (χ4v) is 2.50. The lowest BCUT2D eigenvalue weighted by Gasteiger charge is -2.14. The molecule has 0 radical (unpaired) electrons. The monoisotopic (exact) mass is 342 g/mol. The topological polar surface area (TPSA) is 56.7 Å². The molecular weight excluding hydrogens is 327 g/mol. The van der Waals surface area contributed by atoms with E-state index in [0.29, 0.717) is 0 Å². The highest BCUT2D eigenvalue weighted by atomic mass is 127. The van der Waals surface area contributed by atoms with Crippen LogP contribution in [0.25, 0.3) is 0 Å². The lowest BCUT2D eigenvalue weighted by molar-refractivity contribution is 0.543. The lowest BCUT2D eigenvalue weighted by Crippen LogP contribution is -2.18. The third kappa shape index (κ3) is 2.66. The van der Waals surface area contributed by atoms with E-state index in [1.807, 2.05) is 16.8 Å². The average Bonchev–Trinajstić information content (AvgIpc) is 2.78. The van der Waals surface area contributed by atoms with Crippen molar-refractivity contribution in [1.82, 2.24) is 15.0 Å². The smallest absolute Gasteiger partial charge is 0.0800 e. The average molecular weight is 342 g/mol. The highest BCUT2D eigenvalue weighted by molar-refractivity contribution is 14.1. The van der Waals surface area contributed by atoms with Crippen molar-refractivity contribution in [2.45, 2.75) is 25.9 Å². The van der Waals surface area contributed by atoms with Gasteiger partial charge in [-0.1, -0.05) is 30.3 Å². The maximum Gasteiger partial charge on any atom is 0.0800 e. The van der Waals surface area contributed by atoms with E-state index in [1.165, 1.54) is 3.57 Å². The predicted octanol–water partition coefficient (Wildman–Crippen LogP) is 2.34. The van der Waals surface area contributed by atoms with Gasteiger partial charge in [-0.15, -0.1) is 5.10 Å². The van der Waals surface area contributed by atoms with Crippen molar-refractivity contribution in [3.05, 3.63) is 45.3 Å². The fraction of sp³-hybridized carbons (Fsp3) is 0.333. The third-order valence-corrected chi connectivity index (χ3v) is 3.62. The Balaban J connectivity index is 2.34. The van der Waals surface area contributed by atoms with Crippen LogP contribution >= 0.6 is 22.6 Å². The number of benzene rings is 1. The molecule has 0 fully saturated rings. The highest BCUT2D eigenvalue weighted by Crippen LogP contribution is 2.23. The van der Waals surface area contributed by atoms with Gasteiger partial charge < -0.3 is 5.73 Å². The van der Waals surface area contributed by atoms with E-state index in [0.717, 1.165) is 24.2 Å². The first-order chi connectivity index (χ1) is 8.24. The summed E-state index contributed by atoms with van der Waals surface area (Å²) in [6.07, 6.45) is 2.78. The molecule has 1 unspecified atom stereocenters. The molecular formula is C12H15IN4. The quantitative estimate of drug-likeness (QED) is 0.868. The SMILES string of the molecule is CCCn1nncc1C(N)c1ccccc1I. The zero-order valence-corrected chi connectivity index (χ0v) is 11.8. The maximum absolute atomic E-state index is 6.29. The second kappa shape index (κ2) is 5.59. The molecule has 0 spiro atoms. The van der Waals surface area contributed by atoms with Crippen molar-refractivity contribution in [2.24, 2.45) is 5.73 Å². The van der Waals surface area contributed by atoms with Gasteiger partial charge >= 0.3 is 0 Å². The van der Waals surface area contributed by atoms with Crippen molar-refractivity contribution in [3.63, 3.8) is 0 Å². The van der Waals surface area contributed by atoms with Gasteiger partial charge in [0.15, 0.2) is 0 Å². The van der Waals surface area contributed by atoms with Gasteiger partial charge in [-0.25, -0.2) is 4.68 Å². The number of aryl methyl sites for hydroxylation is 1. The van der Waals surface area contributed by atoms with E-state index in [4.69, 9.17) is 5.73 Å². The Hall–Kier alpha value is -0.950. The maximum atomic E-state index is 6.29. The van der Waals surface area contributed by atoms with Gasteiger partial charge in [0.2, 0.25) is 0 Å². The van der Waals surface area contributed by atoms with E-state index >= 15 is 0 Å². The Morgan fingerprint density at radius 3 is 2.88 bits per heavy atom. The fourth-order valence-electron chi connectivity index (χ4n) is 1.78. The van der Waals surface area contributed by atoms with E-state index < -0.39 is 0 Å². The van der Waals surface area contributed by atoms with Gasteiger partial charge in [-0.2, -0.15) is 0 Å². The van der Waals surface area contributed by atoms with Crippen LogP contribution in [0.15, 0.2) is 30.5 Å². The summed E-state index contributed by atoms with van der Waals surface area (Å²) in [4.78, 5) is 0. The van der Waals surface area contributed by atoms with Crippen LogP contribution in [-0.2, 0) is 6.54 Å². The van der Waals surface area contributed by atoms with Crippen LogP contribution in [0.4, 0.5) is 0 Å². The van der Waals surface area contributed by atoms with Gasteiger partial charge in [0.25, 0.3) is 0 Å². The summed E-state index contributed by atoms with van der Waals surface area (Å²) in [5, 5.41) is 8.01. The Bertz CT molecular complexity index is 495. The van der Waals surface area contributed by atoms with Crippen molar-refractivity contribution >= 4 is 22.6 Å². The minimum atomic E-state index is -0.162. The first-order valence-electron chi connectivity index (χ1n) is 5.62. The molecule has 0 saturated heterocycles. The van der Waals surface area contributed by atoms with Gasteiger partial charge in [0.1, 0.15) is 0 Å². The van der Waals surface area contributed by atoms with Crippen LogP contribution in [0.5, 0.6) is 0 Å². The molecule has 1 heterocycles. The zero-order chi connectivity index (χ0) is 12.3.